The van der Waals surface area contributed by atoms with Crippen LogP contribution in [-0.2, 0) is 12.8 Å². The first-order valence-electron chi connectivity index (χ1n) is 9.58. The first-order valence-corrected chi connectivity index (χ1v) is 9.58. The van der Waals surface area contributed by atoms with E-state index in [1.54, 1.807) is 5.56 Å². The number of hydrogen-bond donors (Lipinski definition) is 1. The molecule has 0 bridgehead atoms. The second-order valence-corrected chi connectivity index (χ2v) is 7.57. The maximum atomic E-state index is 6.11. The molecule has 2 aliphatic heterocycles. The molecule has 1 aliphatic carbocycles. The highest BCUT2D eigenvalue weighted by molar-refractivity contribution is 5.37. The van der Waals surface area contributed by atoms with Crippen LogP contribution in [0.4, 0.5) is 0 Å². The monoisotopic (exact) mass is 314 g/mol. The molecule has 4 rings (SSSR count). The van der Waals surface area contributed by atoms with Gasteiger partial charge in [-0.3, -0.25) is 4.90 Å². The normalized spacial score (nSPS) is 26.2. The van der Waals surface area contributed by atoms with Crippen molar-refractivity contribution in [3.05, 3.63) is 29.3 Å². The Morgan fingerprint density at radius 3 is 2.65 bits per heavy atom. The first-order chi connectivity index (χ1) is 11.4. The van der Waals surface area contributed by atoms with Crippen LogP contribution in [-0.4, -0.2) is 43.7 Å². The molecule has 3 aliphatic rings. The Hall–Kier alpha value is -1.06. The van der Waals surface area contributed by atoms with Gasteiger partial charge in [0.25, 0.3) is 0 Å². The van der Waals surface area contributed by atoms with Gasteiger partial charge in [-0.25, -0.2) is 0 Å². The Labute approximate surface area is 140 Å². The average Bonchev–Trinajstić information content (AvgIpc) is 2.75. The van der Waals surface area contributed by atoms with Gasteiger partial charge in [0.1, 0.15) is 5.75 Å². The van der Waals surface area contributed by atoms with Crippen LogP contribution >= 0.6 is 0 Å². The van der Waals surface area contributed by atoms with Crippen LogP contribution in [0.1, 0.15) is 43.2 Å². The predicted octanol–water partition coefficient (Wildman–Crippen LogP) is 3.02. The number of piperidine rings is 1. The van der Waals surface area contributed by atoms with Crippen LogP contribution in [0.15, 0.2) is 18.2 Å². The van der Waals surface area contributed by atoms with E-state index in [4.69, 9.17) is 4.74 Å². The van der Waals surface area contributed by atoms with E-state index in [0.29, 0.717) is 5.92 Å². The molecule has 2 fully saturated rings. The third kappa shape index (κ3) is 3.72. The summed E-state index contributed by atoms with van der Waals surface area (Å²) in [7, 11) is 0. The van der Waals surface area contributed by atoms with Crippen molar-refractivity contribution in [3.8, 4) is 5.75 Å². The molecule has 3 nitrogen and oxygen atoms in total. The Bertz CT molecular complexity index is 520. The van der Waals surface area contributed by atoms with Crippen molar-refractivity contribution >= 4 is 0 Å². The lowest BCUT2D eigenvalue weighted by atomic mass is 9.91. The van der Waals surface area contributed by atoms with E-state index < -0.39 is 0 Å². The van der Waals surface area contributed by atoms with Gasteiger partial charge >= 0.3 is 0 Å². The van der Waals surface area contributed by atoms with Gasteiger partial charge < -0.3 is 10.1 Å². The van der Waals surface area contributed by atoms with Crippen LogP contribution in [0.25, 0.3) is 0 Å². The third-order valence-electron chi connectivity index (χ3n) is 5.99. The molecule has 1 aromatic carbocycles. The second-order valence-electron chi connectivity index (χ2n) is 7.57. The van der Waals surface area contributed by atoms with Crippen LogP contribution in [0.3, 0.4) is 0 Å². The van der Waals surface area contributed by atoms with E-state index in [1.807, 2.05) is 0 Å². The minimum Gasteiger partial charge on any atom is -0.493 e. The Morgan fingerprint density at radius 2 is 1.91 bits per heavy atom. The smallest absolute Gasteiger partial charge is 0.119 e. The molecule has 0 amide bonds. The highest BCUT2D eigenvalue weighted by atomic mass is 16.5. The van der Waals surface area contributed by atoms with E-state index in [0.717, 1.165) is 24.9 Å². The second kappa shape index (κ2) is 7.23. The van der Waals surface area contributed by atoms with Gasteiger partial charge in [0, 0.05) is 31.6 Å². The molecule has 1 saturated carbocycles. The fourth-order valence-electron chi connectivity index (χ4n) is 4.21. The quantitative estimate of drug-likeness (QED) is 0.924. The largest absolute Gasteiger partial charge is 0.493 e. The van der Waals surface area contributed by atoms with Crippen molar-refractivity contribution in [1.82, 2.24) is 10.2 Å². The molecule has 2 heterocycles. The lowest BCUT2D eigenvalue weighted by Crippen LogP contribution is -2.41. The molecule has 0 spiro atoms. The molecular weight excluding hydrogens is 284 g/mol. The fraction of sp³-hybridized carbons (Fsp3) is 0.700. The Morgan fingerprint density at radius 1 is 1.04 bits per heavy atom. The highest BCUT2D eigenvalue weighted by Gasteiger charge is 2.26. The van der Waals surface area contributed by atoms with Crippen molar-refractivity contribution in [2.24, 2.45) is 5.92 Å². The lowest BCUT2D eigenvalue weighted by molar-refractivity contribution is 0.133. The SMILES string of the molecule is c1cc2c(cc1OCC1CCCNC1)CCN(C1CCC1)CC2. The predicted molar refractivity (Wildman–Crippen MR) is 94.2 cm³/mol. The van der Waals surface area contributed by atoms with Crippen molar-refractivity contribution in [2.45, 2.75) is 51.0 Å². The average molecular weight is 314 g/mol. The summed E-state index contributed by atoms with van der Waals surface area (Å²) in [6.45, 7) is 5.62. The topological polar surface area (TPSA) is 24.5 Å². The summed E-state index contributed by atoms with van der Waals surface area (Å²) >= 11 is 0. The molecule has 23 heavy (non-hydrogen) atoms. The summed E-state index contributed by atoms with van der Waals surface area (Å²) in [6, 6.07) is 7.69. The zero-order chi connectivity index (χ0) is 15.5. The van der Waals surface area contributed by atoms with Gasteiger partial charge in [0.2, 0.25) is 0 Å². The van der Waals surface area contributed by atoms with Crippen LogP contribution in [0.5, 0.6) is 5.75 Å². The lowest BCUT2D eigenvalue weighted by Gasteiger charge is -2.36. The van der Waals surface area contributed by atoms with Crippen LogP contribution < -0.4 is 10.1 Å². The molecule has 3 heteroatoms. The Kier molecular flexibility index (Phi) is 4.86. The molecular formula is C20H30N2O. The van der Waals surface area contributed by atoms with Gasteiger partial charge in [-0.2, -0.15) is 0 Å². The van der Waals surface area contributed by atoms with Gasteiger partial charge in [-0.1, -0.05) is 12.5 Å². The standard InChI is InChI=1S/C20H30N2O/c1-4-19(5-1)22-11-8-17-6-7-20(13-18(17)9-12-22)23-15-16-3-2-10-21-14-16/h6-7,13,16,19,21H,1-5,8-12,14-15H2. The molecule has 126 valence electrons. The van der Waals surface area contributed by atoms with E-state index in [2.05, 4.69) is 28.4 Å². The summed E-state index contributed by atoms with van der Waals surface area (Å²) in [5.74, 6) is 1.75. The maximum absolute atomic E-state index is 6.11. The summed E-state index contributed by atoms with van der Waals surface area (Å²) < 4.78 is 6.11. The number of nitrogens with zero attached hydrogens (tertiary/aromatic N) is 1. The highest BCUT2D eigenvalue weighted by Crippen LogP contribution is 2.28. The zero-order valence-corrected chi connectivity index (χ0v) is 14.2. The summed E-state index contributed by atoms with van der Waals surface area (Å²) in [4.78, 5) is 2.72. The molecule has 0 aromatic heterocycles. The molecule has 0 radical (unpaired) electrons. The van der Waals surface area contributed by atoms with Gasteiger partial charge in [-0.15, -0.1) is 0 Å². The minimum atomic E-state index is 0.677. The summed E-state index contributed by atoms with van der Waals surface area (Å²) in [6.07, 6.45) is 9.25. The van der Waals surface area contributed by atoms with Crippen LogP contribution in [0, 0.1) is 5.92 Å². The van der Waals surface area contributed by atoms with Crippen molar-refractivity contribution in [2.75, 3.05) is 32.8 Å². The fourth-order valence-corrected chi connectivity index (χ4v) is 4.21. The number of ether oxygens (including phenoxy) is 1. The van der Waals surface area contributed by atoms with Crippen molar-refractivity contribution in [3.63, 3.8) is 0 Å². The van der Waals surface area contributed by atoms with Crippen molar-refractivity contribution < 1.29 is 4.74 Å². The maximum Gasteiger partial charge on any atom is 0.119 e. The van der Waals surface area contributed by atoms with E-state index in [-0.39, 0.29) is 0 Å². The molecule has 1 atom stereocenters. The number of nitrogens with one attached hydrogen (secondary N) is 1. The number of benzene rings is 1. The number of rotatable bonds is 4. The van der Waals surface area contributed by atoms with E-state index >= 15 is 0 Å². The van der Waals surface area contributed by atoms with E-state index in [1.165, 1.54) is 70.1 Å². The van der Waals surface area contributed by atoms with Crippen LogP contribution in [0.2, 0.25) is 0 Å². The van der Waals surface area contributed by atoms with Gasteiger partial charge in [0.15, 0.2) is 0 Å². The molecule has 1 saturated heterocycles. The molecule has 1 N–H and O–H groups in total. The Balaban J connectivity index is 1.35. The van der Waals surface area contributed by atoms with Gasteiger partial charge in [0.05, 0.1) is 6.61 Å². The van der Waals surface area contributed by atoms with E-state index in [9.17, 15) is 0 Å². The van der Waals surface area contributed by atoms with Crippen molar-refractivity contribution in [1.29, 1.82) is 0 Å². The molecule has 1 unspecified atom stereocenters. The summed E-state index contributed by atoms with van der Waals surface area (Å²) in [5.41, 5.74) is 3.06. The number of fused-ring (bicyclic) bond motifs is 1. The third-order valence-corrected chi connectivity index (χ3v) is 5.99. The number of hydrogen-bond acceptors (Lipinski definition) is 3. The first kappa shape index (κ1) is 15.5. The van der Waals surface area contributed by atoms with Gasteiger partial charge in [-0.05, 0) is 68.3 Å². The minimum absolute atomic E-state index is 0.677. The molecule has 1 aromatic rings. The zero-order valence-electron chi connectivity index (χ0n) is 14.2. The summed E-state index contributed by atoms with van der Waals surface area (Å²) in [5, 5.41) is 3.47.